The zero-order chi connectivity index (χ0) is 21.6. The van der Waals surface area contributed by atoms with Crippen LogP contribution in [0, 0.1) is 0 Å². The van der Waals surface area contributed by atoms with Crippen molar-refractivity contribution in [2.24, 2.45) is 5.73 Å². The minimum atomic E-state index is -1.17. The van der Waals surface area contributed by atoms with Crippen LogP contribution in [0.2, 0.25) is 0 Å². The highest BCUT2D eigenvalue weighted by molar-refractivity contribution is 7.98. The molecule has 0 unspecified atom stereocenters. The lowest BCUT2D eigenvalue weighted by atomic mass is 10.1. The maximum absolute atomic E-state index is 12.8. The van der Waals surface area contributed by atoms with Crippen molar-refractivity contribution in [3.05, 3.63) is 0 Å². The lowest BCUT2D eigenvalue weighted by Gasteiger charge is -2.24. The molecule has 0 radical (unpaired) electrons. The van der Waals surface area contributed by atoms with Crippen molar-refractivity contribution in [3.8, 4) is 0 Å². The van der Waals surface area contributed by atoms with Gasteiger partial charge in [0.2, 0.25) is 17.7 Å². The van der Waals surface area contributed by atoms with E-state index in [1.54, 1.807) is 11.8 Å². The average Bonchev–Trinajstić information content (AvgIpc) is 3.23. The number of hydrogen-bond donors (Lipinski definition) is 6. The Morgan fingerprint density at radius 3 is 2.45 bits per heavy atom. The van der Waals surface area contributed by atoms with Gasteiger partial charge in [0, 0.05) is 0 Å². The number of carbonyl (C=O) groups is 4. The molecule has 1 saturated heterocycles. The van der Waals surface area contributed by atoms with Gasteiger partial charge in [0.1, 0.15) is 18.6 Å². The van der Waals surface area contributed by atoms with Crippen molar-refractivity contribution in [3.63, 3.8) is 0 Å². The molecule has 1 fully saturated rings. The smallest absolute Gasteiger partial charge is 0.322 e. The standard InChI is InChI=1S/C18H33N5O5S/c1-29-10-7-14(23-17(27)12-6-4-9-20-12)18(28)22-13(5-2-3-8-19)16(26)21-11-15(24)25/h12-14,20H,2-11,19H2,1H3,(H,21,26)(H,22,28)(H,23,27)(H,24,25)/t12-,13-,14-/m0/s1. The minimum Gasteiger partial charge on any atom is -0.480 e. The minimum absolute atomic E-state index is 0.223. The van der Waals surface area contributed by atoms with Crippen LogP contribution < -0.4 is 27.0 Å². The van der Waals surface area contributed by atoms with Gasteiger partial charge < -0.3 is 32.1 Å². The molecule has 166 valence electrons. The SMILES string of the molecule is CSCC[C@H](NC(=O)[C@@H]1CCCN1)C(=O)N[C@@H](CCCCN)C(=O)NCC(=O)O. The molecule has 3 amide bonds. The molecule has 0 aliphatic carbocycles. The predicted molar refractivity (Wildman–Crippen MR) is 111 cm³/mol. The van der Waals surface area contributed by atoms with Gasteiger partial charge in [0.05, 0.1) is 6.04 Å². The Morgan fingerprint density at radius 1 is 1.14 bits per heavy atom. The molecule has 11 heteroatoms. The summed E-state index contributed by atoms with van der Waals surface area (Å²) >= 11 is 1.55. The number of nitrogens with one attached hydrogen (secondary N) is 4. The van der Waals surface area contributed by atoms with Crippen LogP contribution in [0.15, 0.2) is 0 Å². The van der Waals surface area contributed by atoms with Crippen LogP contribution in [0.4, 0.5) is 0 Å². The number of unbranched alkanes of at least 4 members (excludes halogenated alkanes) is 1. The Morgan fingerprint density at radius 2 is 1.86 bits per heavy atom. The van der Waals surface area contributed by atoms with Gasteiger partial charge in [0.15, 0.2) is 0 Å². The van der Waals surface area contributed by atoms with Crippen molar-refractivity contribution in [2.75, 3.05) is 31.6 Å². The molecule has 0 aromatic rings. The summed E-state index contributed by atoms with van der Waals surface area (Å²) in [5.74, 6) is -1.74. The lowest BCUT2D eigenvalue weighted by molar-refractivity contribution is -0.138. The van der Waals surface area contributed by atoms with Crippen LogP contribution >= 0.6 is 11.8 Å². The highest BCUT2D eigenvalue weighted by Crippen LogP contribution is 2.08. The number of carbonyl (C=O) groups excluding carboxylic acids is 3. The number of amides is 3. The first kappa shape index (κ1) is 25.2. The summed E-state index contributed by atoms with van der Waals surface area (Å²) in [6, 6.07) is -1.95. The van der Waals surface area contributed by atoms with Crippen molar-refractivity contribution in [1.82, 2.24) is 21.3 Å². The molecule has 0 aromatic carbocycles. The number of nitrogens with two attached hydrogens (primary N) is 1. The van der Waals surface area contributed by atoms with E-state index in [9.17, 15) is 19.2 Å². The van der Waals surface area contributed by atoms with Gasteiger partial charge in [-0.3, -0.25) is 19.2 Å². The van der Waals surface area contributed by atoms with Crippen molar-refractivity contribution >= 4 is 35.5 Å². The Hall–Kier alpha value is -1.85. The van der Waals surface area contributed by atoms with Crippen LogP contribution in [-0.2, 0) is 19.2 Å². The number of aliphatic carboxylic acids is 1. The second-order valence-electron chi connectivity index (χ2n) is 6.95. The van der Waals surface area contributed by atoms with Gasteiger partial charge in [-0.1, -0.05) is 0 Å². The molecule has 1 heterocycles. The first-order chi connectivity index (χ1) is 13.9. The summed E-state index contributed by atoms with van der Waals surface area (Å²) in [5, 5.41) is 19.6. The summed E-state index contributed by atoms with van der Waals surface area (Å²) in [5.41, 5.74) is 5.49. The third-order valence-electron chi connectivity index (χ3n) is 4.61. The molecule has 1 aliphatic rings. The average molecular weight is 432 g/mol. The van der Waals surface area contributed by atoms with Gasteiger partial charge in [-0.15, -0.1) is 0 Å². The molecule has 0 bridgehead atoms. The fourth-order valence-corrected chi connectivity index (χ4v) is 3.48. The second kappa shape index (κ2) is 14.2. The second-order valence-corrected chi connectivity index (χ2v) is 7.93. The van der Waals surface area contributed by atoms with E-state index >= 15 is 0 Å². The molecule has 3 atom stereocenters. The molecular formula is C18H33N5O5S. The van der Waals surface area contributed by atoms with E-state index in [0.717, 1.165) is 19.4 Å². The summed E-state index contributed by atoms with van der Waals surface area (Å²) in [6.07, 6.45) is 5.59. The molecule has 0 saturated carbocycles. The van der Waals surface area contributed by atoms with E-state index in [-0.39, 0.29) is 11.9 Å². The van der Waals surface area contributed by atoms with E-state index in [1.807, 2.05) is 6.26 Å². The number of hydrogen-bond acceptors (Lipinski definition) is 7. The summed E-state index contributed by atoms with van der Waals surface area (Å²) in [6.45, 7) is 0.701. The van der Waals surface area contributed by atoms with Crippen LogP contribution in [0.1, 0.15) is 38.5 Å². The highest BCUT2D eigenvalue weighted by Gasteiger charge is 2.29. The fraction of sp³-hybridized carbons (Fsp3) is 0.778. The first-order valence-electron chi connectivity index (χ1n) is 9.91. The number of carboxylic acid groups (broad SMARTS) is 1. The summed E-state index contributed by atoms with van der Waals surface area (Å²) < 4.78 is 0. The molecule has 0 spiro atoms. The van der Waals surface area contributed by atoms with Gasteiger partial charge in [-0.2, -0.15) is 11.8 Å². The molecule has 1 rings (SSSR count). The Balaban J connectivity index is 2.75. The number of rotatable bonds is 14. The third-order valence-corrected chi connectivity index (χ3v) is 5.26. The molecule has 1 aliphatic heterocycles. The van der Waals surface area contributed by atoms with Crippen LogP contribution in [0.5, 0.6) is 0 Å². The predicted octanol–water partition coefficient (Wildman–Crippen LogP) is -1.21. The summed E-state index contributed by atoms with van der Waals surface area (Å²) in [7, 11) is 0. The molecule has 7 N–H and O–H groups in total. The monoisotopic (exact) mass is 431 g/mol. The first-order valence-corrected chi connectivity index (χ1v) is 11.3. The lowest BCUT2D eigenvalue weighted by Crippen LogP contribution is -2.56. The Bertz CT molecular complexity index is 557. The topological polar surface area (TPSA) is 163 Å². The van der Waals surface area contributed by atoms with Gasteiger partial charge >= 0.3 is 5.97 Å². The maximum atomic E-state index is 12.8. The Kier molecular flexibility index (Phi) is 12.3. The normalized spacial score (nSPS) is 17.9. The van der Waals surface area contributed by atoms with Gasteiger partial charge in [-0.25, -0.2) is 0 Å². The molecular weight excluding hydrogens is 398 g/mol. The Labute approximate surface area is 175 Å². The molecule has 10 nitrogen and oxygen atoms in total. The largest absolute Gasteiger partial charge is 0.480 e. The van der Waals surface area contributed by atoms with E-state index in [1.165, 1.54) is 0 Å². The maximum Gasteiger partial charge on any atom is 0.322 e. The highest BCUT2D eigenvalue weighted by atomic mass is 32.2. The van der Waals surface area contributed by atoms with E-state index in [0.29, 0.717) is 38.0 Å². The molecule has 0 aromatic heterocycles. The number of thioether (sulfide) groups is 1. The van der Waals surface area contributed by atoms with E-state index < -0.39 is 36.4 Å². The van der Waals surface area contributed by atoms with E-state index in [4.69, 9.17) is 10.8 Å². The zero-order valence-corrected chi connectivity index (χ0v) is 17.7. The van der Waals surface area contributed by atoms with Crippen molar-refractivity contribution in [1.29, 1.82) is 0 Å². The molecule has 29 heavy (non-hydrogen) atoms. The summed E-state index contributed by atoms with van der Waals surface area (Å²) in [4.78, 5) is 48.3. The fourth-order valence-electron chi connectivity index (χ4n) is 3.01. The van der Waals surface area contributed by atoms with Crippen LogP contribution in [0.25, 0.3) is 0 Å². The third kappa shape index (κ3) is 9.95. The van der Waals surface area contributed by atoms with Gasteiger partial charge in [0.25, 0.3) is 0 Å². The van der Waals surface area contributed by atoms with Crippen molar-refractivity contribution in [2.45, 2.75) is 56.7 Å². The van der Waals surface area contributed by atoms with E-state index in [2.05, 4.69) is 21.3 Å². The van der Waals surface area contributed by atoms with Crippen LogP contribution in [0.3, 0.4) is 0 Å². The quantitative estimate of drug-likeness (QED) is 0.187. The zero-order valence-electron chi connectivity index (χ0n) is 16.9. The van der Waals surface area contributed by atoms with Crippen molar-refractivity contribution < 1.29 is 24.3 Å². The number of carboxylic acids is 1. The van der Waals surface area contributed by atoms with Gasteiger partial charge in [-0.05, 0) is 63.6 Å². The van der Waals surface area contributed by atoms with Crippen LogP contribution in [-0.4, -0.2) is 78.6 Å².